The van der Waals surface area contributed by atoms with E-state index in [1.54, 1.807) is 13.1 Å². The van der Waals surface area contributed by atoms with Crippen molar-refractivity contribution in [3.63, 3.8) is 0 Å². The first kappa shape index (κ1) is 14.5. The van der Waals surface area contributed by atoms with Crippen molar-refractivity contribution in [2.45, 2.75) is 13.5 Å². The third kappa shape index (κ3) is 2.95. The smallest absolute Gasteiger partial charge is 0.159 e. The quantitative estimate of drug-likeness (QED) is 0.667. The highest BCUT2D eigenvalue weighted by Crippen LogP contribution is 2.22. The fourth-order valence-electron chi connectivity index (χ4n) is 2.36. The molecule has 1 heterocycles. The molecule has 0 radical (unpaired) electrons. The zero-order chi connectivity index (χ0) is 15.5. The molecule has 0 bridgehead atoms. The molecule has 0 N–H and O–H groups in total. The number of carbonyl (C=O) groups excluding carboxylic acids is 1. The van der Waals surface area contributed by atoms with E-state index in [9.17, 15) is 4.79 Å². The van der Waals surface area contributed by atoms with Crippen LogP contribution in [0.15, 0.2) is 60.9 Å². The number of Topliss-reactive ketones (excluding diaryl/α,β-unsaturated/α-hetero) is 1. The molecule has 3 rings (SSSR count). The van der Waals surface area contributed by atoms with Gasteiger partial charge in [0.25, 0.3) is 0 Å². The van der Waals surface area contributed by atoms with Crippen LogP contribution in [0.2, 0.25) is 5.02 Å². The van der Waals surface area contributed by atoms with E-state index in [0.29, 0.717) is 12.1 Å². The summed E-state index contributed by atoms with van der Waals surface area (Å²) >= 11 is 6.22. The maximum atomic E-state index is 11.4. The first-order valence-corrected chi connectivity index (χ1v) is 7.39. The van der Waals surface area contributed by atoms with Gasteiger partial charge >= 0.3 is 0 Å². The fourth-order valence-corrected chi connectivity index (χ4v) is 2.56. The second-order valence-electron chi connectivity index (χ2n) is 5.10. The standard InChI is InChI=1S/C18H15ClN2O/c1-13(22)14-6-8-15(9-7-14)18-20-10-11-21(18)12-16-4-2-3-5-17(16)19/h2-11H,12H2,1H3. The third-order valence-electron chi connectivity index (χ3n) is 3.56. The molecule has 2 aromatic carbocycles. The Morgan fingerprint density at radius 3 is 2.55 bits per heavy atom. The Hall–Kier alpha value is -2.39. The lowest BCUT2D eigenvalue weighted by atomic mass is 10.1. The van der Waals surface area contributed by atoms with Gasteiger partial charge in [0.1, 0.15) is 5.82 Å². The molecule has 0 saturated heterocycles. The summed E-state index contributed by atoms with van der Waals surface area (Å²) in [6, 6.07) is 15.3. The van der Waals surface area contributed by atoms with Gasteiger partial charge in [-0.3, -0.25) is 4.79 Å². The lowest BCUT2D eigenvalue weighted by molar-refractivity contribution is 0.101. The Balaban J connectivity index is 1.92. The van der Waals surface area contributed by atoms with Crippen LogP contribution in [0, 0.1) is 0 Å². The van der Waals surface area contributed by atoms with Gasteiger partial charge < -0.3 is 4.57 Å². The summed E-state index contributed by atoms with van der Waals surface area (Å²) in [7, 11) is 0. The topological polar surface area (TPSA) is 34.9 Å². The first-order valence-electron chi connectivity index (χ1n) is 7.01. The minimum Gasteiger partial charge on any atom is -0.327 e. The van der Waals surface area contributed by atoms with Crippen molar-refractivity contribution in [3.8, 4) is 11.4 Å². The van der Waals surface area contributed by atoms with Gasteiger partial charge in [-0.1, -0.05) is 54.1 Å². The lowest BCUT2D eigenvalue weighted by Gasteiger charge is -2.09. The zero-order valence-electron chi connectivity index (χ0n) is 12.2. The number of halogens is 1. The molecular formula is C18H15ClN2O. The Morgan fingerprint density at radius 2 is 1.86 bits per heavy atom. The first-order chi connectivity index (χ1) is 10.6. The normalized spacial score (nSPS) is 10.6. The molecule has 1 aromatic heterocycles. The van der Waals surface area contributed by atoms with E-state index in [1.165, 1.54) is 0 Å². The SMILES string of the molecule is CC(=O)c1ccc(-c2nccn2Cc2ccccc2Cl)cc1. The molecule has 0 spiro atoms. The highest BCUT2D eigenvalue weighted by molar-refractivity contribution is 6.31. The number of rotatable bonds is 4. The van der Waals surface area contributed by atoms with E-state index in [-0.39, 0.29) is 5.78 Å². The maximum absolute atomic E-state index is 11.4. The summed E-state index contributed by atoms with van der Waals surface area (Å²) in [5.74, 6) is 0.918. The number of ketones is 1. The number of carbonyl (C=O) groups is 1. The average molecular weight is 311 g/mol. The van der Waals surface area contributed by atoms with Gasteiger partial charge in [-0.2, -0.15) is 0 Å². The third-order valence-corrected chi connectivity index (χ3v) is 3.93. The Labute approximate surface area is 134 Å². The second kappa shape index (κ2) is 6.16. The molecule has 110 valence electrons. The van der Waals surface area contributed by atoms with Crippen molar-refractivity contribution in [3.05, 3.63) is 77.1 Å². The Bertz CT molecular complexity index is 806. The van der Waals surface area contributed by atoms with Crippen LogP contribution < -0.4 is 0 Å². The molecule has 0 saturated carbocycles. The summed E-state index contributed by atoms with van der Waals surface area (Å²) < 4.78 is 2.05. The number of hydrogen-bond acceptors (Lipinski definition) is 2. The number of benzene rings is 2. The second-order valence-corrected chi connectivity index (χ2v) is 5.51. The number of hydrogen-bond donors (Lipinski definition) is 0. The summed E-state index contributed by atoms with van der Waals surface area (Å²) in [6.45, 7) is 2.22. The van der Waals surface area contributed by atoms with Gasteiger partial charge in [0.15, 0.2) is 5.78 Å². The summed E-state index contributed by atoms with van der Waals surface area (Å²) in [5.41, 5.74) is 2.72. The number of nitrogens with zero attached hydrogens (tertiary/aromatic N) is 2. The molecule has 0 amide bonds. The van der Waals surface area contributed by atoms with Crippen LogP contribution in [0.25, 0.3) is 11.4 Å². The van der Waals surface area contributed by atoms with Gasteiger partial charge in [-0.05, 0) is 18.6 Å². The Kier molecular flexibility index (Phi) is 4.07. The molecule has 4 heteroatoms. The van der Waals surface area contributed by atoms with Crippen molar-refractivity contribution in [2.24, 2.45) is 0 Å². The van der Waals surface area contributed by atoms with Crippen molar-refractivity contribution >= 4 is 17.4 Å². The van der Waals surface area contributed by atoms with Crippen LogP contribution in [0.1, 0.15) is 22.8 Å². The molecule has 0 aliphatic rings. The molecule has 0 aliphatic carbocycles. The lowest BCUT2D eigenvalue weighted by Crippen LogP contribution is -2.02. The van der Waals surface area contributed by atoms with E-state index < -0.39 is 0 Å². The molecule has 0 fully saturated rings. The van der Waals surface area contributed by atoms with Crippen LogP contribution in [0.5, 0.6) is 0 Å². The molecule has 22 heavy (non-hydrogen) atoms. The maximum Gasteiger partial charge on any atom is 0.159 e. The predicted molar refractivity (Wildman–Crippen MR) is 88.2 cm³/mol. The van der Waals surface area contributed by atoms with Gasteiger partial charge in [0, 0.05) is 28.5 Å². The zero-order valence-corrected chi connectivity index (χ0v) is 12.9. The van der Waals surface area contributed by atoms with E-state index in [1.807, 2.05) is 59.3 Å². The number of imidazole rings is 1. The van der Waals surface area contributed by atoms with Gasteiger partial charge in [0.2, 0.25) is 0 Å². The molecule has 3 aromatic rings. The van der Waals surface area contributed by atoms with E-state index >= 15 is 0 Å². The van der Waals surface area contributed by atoms with Crippen LogP contribution in [-0.4, -0.2) is 15.3 Å². The van der Waals surface area contributed by atoms with Crippen molar-refractivity contribution in [2.75, 3.05) is 0 Å². The fraction of sp³-hybridized carbons (Fsp3) is 0.111. The Morgan fingerprint density at radius 1 is 1.14 bits per heavy atom. The number of aromatic nitrogens is 2. The summed E-state index contributed by atoms with van der Waals surface area (Å²) in [5, 5.41) is 0.745. The van der Waals surface area contributed by atoms with Crippen molar-refractivity contribution < 1.29 is 4.79 Å². The van der Waals surface area contributed by atoms with Crippen LogP contribution in [0.3, 0.4) is 0 Å². The van der Waals surface area contributed by atoms with E-state index in [0.717, 1.165) is 22.0 Å². The predicted octanol–water partition coefficient (Wildman–Crippen LogP) is 4.45. The molecule has 0 unspecified atom stereocenters. The van der Waals surface area contributed by atoms with Gasteiger partial charge in [-0.15, -0.1) is 0 Å². The van der Waals surface area contributed by atoms with Crippen LogP contribution in [-0.2, 0) is 6.54 Å². The summed E-state index contributed by atoms with van der Waals surface area (Å²) in [4.78, 5) is 15.8. The van der Waals surface area contributed by atoms with Crippen molar-refractivity contribution in [1.29, 1.82) is 0 Å². The monoisotopic (exact) mass is 310 g/mol. The van der Waals surface area contributed by atoms with Gasteiger partial charge in [0.05, 0.1) is 6.54 Å². The van der Waals surface area contributed by atoms with E-state index in [2.05, 4.69) is 4.98 Å². The molecule has 0 aliphatic heterocycles. The van der Waals surface area contributed by atoms with Crippen LogP contribution >= 0.6 is 11.6 Å². The van der Waals surface area contributed by atoms with Gasteiger partial charge in [-0.25, -0.2) is 4.98 Å². The van der Waals surface area contributed by atoms with E-state index in [4.69, 9.17) is 11.6 Å². The van der Waals surface area contributed by atoms with Crippen LogP contribution in [0.4, 0.5) is 0 Å². The molecular weight excluding hydrogens is 296 g/mol. The summed E-state index contributed by atoms with van der Waals surface area (Å²) in [6.07, 6.45) is 3.70. The minimum absolute atomic E-state index is 0.0611. The minimum atomic E-state index is 0.0611. The largest absolute Gasteiger partial charge is 0.327 e. The highest BCUT2D eigenvalue weighted by atomic mass is 35.5. The molecule has 3 nitrogen and oxygen atoms in total. The average Bonchev–Trinajstić information content (AvgIpc) is 2.98. The molecule has 0 atom stereocenters. The highest BCUT2D eigenvalue weighted by Gasteiger charge is 2.09. The van der Waals surface area contributed by atoms with Crippen molar-refractivity contribution in [1.82, 2.24) is 9.55 Å².